The van der Waals surface area contributed by atoms with Crippen molar-refractivity contribution in [2.45, 2.75) is 6.92 Å². The molecule has 2 rings (SSSR count). The summed E-state index contributed by atoms with van der Waals surface area (Å²) in [4.78, 5) is 11.8. The van der Waals surface area contributed by atoms with Gasteiger partial charge in [-0.25, -0.2) is 8.78 Å². The summed E-state index contributed by atoms with van der Waals surface area (Å²) in [5, 5.41) is 2.49. The van der Waals surface area contributed by atoms with Gasteiger partial charge >= 0.3 is 0 Å². The fourth-order valence-electron chi connectivity index (χ4n) is 1.67. The first-order chi connectivity index (χ1) is 9.60. The molecule has 0 fully saturated rings. The monoisotopic (exact) mass is 277 g/mol. The Balaban J connectivity index is 2.13. The average molecular weight is 277 g/mol. The molecule has 0 aliphatic heterocycles. The van der Waals surface area contributed by atoms with Gasteiger partial charge in [-0.2, -0.15) is 0 Å². The molecule has 0 unspecified atom stereocenters. The molecule has 0 aliphatic rings. The number of benzene rings is 2. The lowest BCUT2D eigenvalue weighted by atomic mass is 10.2. The van der Waals surface area contributed by atoms with Gasteiger partial charge in [-0.05, 0) is 49.4 Å². The summed E-state index contributed by atoms with van der Waals surface area (Å²) >= 11 is 0. The van der Waals surface area contributed by atoms with E-state index in [1.165, 1.54) is 0 Å². The molecule has 2 aromatic carbocycles. The van der Waals surface area contributed by atoms with E-state index in [2.05, 4.69) is 5.32 Å². The molecule has 0 aliphatic carbocycles. The smallest absolute Gasteiger partial charge is 0.258 e. The van der Waals surface area contributed by atoms with Crippen molar-refractivity contribution >= 4 is 11.6 Å². The SMILES string of the molecule is CCOc1ccc(NC(=O)c2cc(F)ccc2F)cc1. The van der Waals surface area contributed by atoms with Crippen LogP contribution < -0.4 is 10.1 Å². The molecule has 0 saturated heterocycles. The minimum Gasteiger partial charge on any atom is -0.494 e. The van der Waals surface area contributed by atoms with Crippen LogP contribution in [0.2, 0.25) is 0 Å². The van der Waals surface area contributed by atoms with Gasteiger partial charge in [0.1, 0.15) is 17.4 Å². The van der Waals surface area contributed by atoms with Crippen molar-refractivity contribution in [1.29, 1.82) is 0 Å². The molecule has 0 heterocycles. The van der Waals surface area contributed by atoms with E-state index in [9.17, 15) is 13.6 Å². The summed E-state index contributed by atoms with van der Waals surface area (Å²) in [5.41, 5.74) is 0.140. The molecule has 0 radical (unpaired) electrons. The van der Waals surface area contributed by atoms with Crippen molar-refractivity contribution in [3.8, 4) is 5.75 Å². The molecular weight excluding hydrogens is 264 g/mol. The van der Waals surface area contributed by atoms with Crippen LogP contribution >= 0.6 is 0 Å². The van der Waals surface area contributed by atoms with E-state index in [-0.39, 0.29) is 5.56 Å². The maximum absolute atomic E-state index is 13.4. The van der Waals surface area contributed by atoms with Gasteiger partial charge in [-0.3, -0.25) is 4.79 Å². The number of rotatable bonds is 4. The second kappa shape index (κ2) is 6.14. The lowest BCUT2D eigenvalue weighted by Crippen LogP contribution is -2.14. The average Bonchev–Trinajstić information content (AvgIpc) is 2.44. The van der Waals surface area contributed by atoms with Crippen LogP contribution in [0.25, 0.3) is 0 Å². The summed E-state index contributed by atoms with van der Waals surface area (Å²) in [5.74, 6) is -1.47. The van der Waals surface area contributed by atoms with Gasteiger partial charge in [0.15, 0.2) is 0 Å². The highest BCUT2D eigenvalue weighted by Crippen LogP contribution is 2.17. The molecule has 20 heavy (non-hydrogen) atoms. The van der Waals surface area contributed by atoms with Gasteiger partial charge in [0.05, 0.1) is 12.2 Å². The third kappa shape index (κ3) is 3.32. The summed E-state index contributed by atoms with van der Waals surface area (Å²) in [6, 6.07) is 9.35. The van der Waals surface area contributed by atoms with Gasteiger partial charge < -0.3 is 10.1 Å². The molecule has 104 valence electrons. The normalized spacial score (nSPS) is 10.2. The Morgan fingerprint density at radius 1 is 1.15 bits per heavy atom. The molecule has 2 aromatic rings. The lowest BCUT2D eigenvalue weighted by Gasteiger charge is -2.08. The predicted molar refractivity (Wildman–Crippen MR) is 71.9 cm³/mol. The Bertz CT molecular complexity index is 612. The van der Waals surface area contributed by atoms with E-state index in [0.29, 0.717) is 18.0 Å². The molecule has 0 atom stereocenters. The fourth-order valence-corrected chi connectivity index (χ4v) is 1.67. The summed E-state index contributed by atoms with van der Waals surface area (Å²) < 4.78 is 31.7. The number of carbonyl (C=O) groups is 1. The minimum absolute atomic E-state index is 0.334. The zero-order valence-corrected chi connectivity index (χ0v) is 10.8. The zero-order chi connectivity index (χ0) is 14.5. The largest absolute Gasteiger partial charge is 0.494 e. The number of ether oxygens (including phenoxy) is 1. The van der Waals surface area contributed by atoms with Crippen LogP contribution in [-0.4, -0.2) is 12.5 Å². The number of hydrogen-bond acceptors (Lipinski definition) is 2. The summed E-state index contributed by atoms with van der Waals surface area (Å²) in [6.07, 6.45) is 0. The van der Waals surface area contributed by atoms with Crippen molar-refractivity contribution in [2.75, 3.05) is 11.9 Å². The highest BCUT2D eigenvalue weighted by Gasteiger charge is 2.13. The van der Waals surface area contributed by atoms with E-state index in [4.69, 9.17) is 4.74 Å². The minimum atomic E-state index is -0.769. The molecule has 0 spiro atoms. The molecule has 0 saturated carbocycles. The zero-order valence-electron chi connectivity index (χ0n) is 10.8. The number of carbonyl (C=O) groups excluding carboxylic acids is 1. The molecule has 5 heteroatoms. The highest BCUT2D eigenvalue weighted by molar-refractivity contribution is 6.04. The van der Waals surface area contributed by atoms with E-state index in [1.807, 2.05) is 6.92 Å². The molecule has 1 N–H and O–H groups in total. The molecular formula is C15H13F2NO2. The fraction of sp³-hybridized carbons (Fsp3) is 0.133. The van der Waals surface area contributed by atoms with E-state index < -0.39 is 17.5 Å². The van der Waals surface area contributed by atoms with Crippen LogP contribution in [-0.2, 0) is 0 Å². The van der Waals surface area contributed by atoms with Crippen LogP contribution in [0.15, 0.2) is 42.5 Å². The maximum Gasteiger partial charge on any atom is 0.258 e. The second-order valence-electron chi connectivity index (χ2n) is 4.04. The Hall–Kier alpha value is -2.43. The van der Waals surface area contributed by atoms with Gasteiger partial charge in [-0.15, -0.1) is 0 Å². The summed E-state index contributed by atoms with van der Waals surface area (Å²) in [7, 11) is 0. The number of anilines is 1. The predicted octanol–water partition coefficient (Wildman–Crippen LogP) is 3.62. The first-order valence-electron chi connectivity index (χ1n) is 6.09. The molecule has 1 amide bonds. The third-order valence-electron chi connectivity index (χ3n) is 2.60. The van der Waals surface area contributed by atoms with Crippen LogP contribution in [0.5, 0.6) is 5.75 Å². The highest BCUT2D eigenvalue weighted by atomic mass is 19.1. The Labute approximate surface area is 115 Å². The van der Waals surface area contributed by atoms with Crippen molar-refractivity contribution in [2.24, 2.45) is 0 Å². The van der Waals surface area contributed by atoms with E-state index in [1.54, 1.807) is 24.3 Å². The quantitative estimate of drug-likeness (QED) is 0.927. The van der Waals surface area contributed by atoms with Gasteiger partial charge in [-0.1, -0.05) is 0 Å². The molecule has 3 nitrogen and oxygen atoms in total. The number of nitrogens with one attached hydrogen (secondary N) is 1. The van der Waals surface area contributed by atoms with Crippen molar-refractivity contribution in [1.82, 2.24) is 0 Å². The van der Waals surface area contributed by atoms with E-state index >= 15 is 0 Å². The van der Waals surface area contributed by atoms with Crippen molar-refractivity contribution in [3.05, 3.63) is 59.7 Å². The van der Waals surface area contributed by atoms with Crippen molar-refractivity contribution in [3.63, 3.8) is 0 Å². The Kier molecular flexibility index (Phi) is 4.30. The van der Waals surface area contributed by atoms with Gasteiger partial charge in [0.25, 0.3) is 5.91 Å². The van der Waals surface area contributed by atoms with Crippen LogP contribution in [0.3, 0.4) is 0 Å². The maximum atomic E-state index is 13.4. The first-order valence-corrected chi connectivity index (χ1v) is 6.09. The van der Waals surface area contributed by atoms with Crippen molar-refractivity contribution < 1.29 is 18.3 Å². The van der Waals surface area contributed by atoms with Crippen LogP contribution in [0, 0.1) is 11.6 Å². The Morgan fingerprint density at radius 2 is 1.85 bits per heavy atom. The molecule has 0 aromatic heterocycles. The van der Waals surface area contributed by atoms with Crippen LogP contribution in [0.4, 0.5) is 14.5 Å². The third-order valence-corrected chi connectivity index (χ3v) is 2.60. The number of hydrogen-bond donors (Lipinski definition) is 1. The van der Waals surface area contributed by atoms with Gasteiger partial charge in [0.2, 0.25) is 0 Å². The molecule has 0 bridgehead atoms. The number of amides is 1. The summed E-state index contributed by atoms with van der Waals surface area (Å²) in [6.45, 7) is 2.41. The topological polar surface area (TPSA) is 38.3 Å². The standard InChI is InChI=1S/C15H13F2NO2/c1-2-20-12-6-4-11(5-7-12)18-15(19)13-9-10(16)3-8-14(13)17/h3-9H,2H2,1H3,(H,18,19). The second-order valence-corrected chi connectivity index (χ2v) is 4.04. The van der Waals surface area contributed by atoms with Crippen LogP contribution in [0.1, 0.15) is 17.3 Å². The lowest BCUT2D eigenvalue weighted by molar-refractivity contribution is 0.102. The van der Waals surface area contributed by atoms with Gasteiger partial charge in [0, 0.05) is 5.69 Å². The first kappa shape index (κ1) is 14.0. The Morgan fingerprint density at radius 3 is 2.50 bits per heavy atom. The van der Waals surface area contributed by atoms with E-state index in [0.717, 1.165) is 18.2 Å². The number of halogens is 2.